The molecule has 3 aromatic rings. The van der Waals surface area contributed by atoms with Crippen molar-refractivity contribution < 1.29 is 13.2 Å². The van der Waals surface area contributed by atoms with E-state index < -0.39 is 9.84 Å². The third-order valence-corrected chi connectivity index (χ3v) is 7.00. The maximum absolute atomic E-state index is 12.5. The Balaban J connectivity index is 1.77. The molecule has 0 spiro atoms. The molecular weight excluding hydrogens is 464 g/mol. The first-order valence-corrected chi connectivity index (χ1v) is 12.7. The molecule has 0 saturated heterocycles. The second-order valence-corrected chi connectivity index (χ2v) is 10.4. The number of benzene rings is 2. The van der Waals surface area contributed by atoms with Crippen LogP contribution in [0.3, 0.4) is 0 Å². The molecule has 0 aliphatic heterocycles. The normalized spacial score (nSPS) is 11.5. The first-order chi connectivity index (χ1) is 16.6. The van der Waals surface area contributed by atoms with Crippen molar-refractivity contribution in [3.8, 4) is 11.3 Å². The van der Waals surface area contributed by atoms with Gasteiger partial charge in [0.2, 0.25) is 11.8 Å². The lowest BCUT2D eigenvalue weighted by Gasteiger charge is -2.12. The quantitative estimate of drug-likeness (QED) is 0.308. The molecule has 3 N–H and O–H groups in total. The number of ether oxygens (including phenoxy) is 1. The van der Waals surface area contributed by atoms with E-state index >= 15 is 0 Å². The molecule has 0 saturated carbocycles. The largest absolute Gasteiger partial charge is 0.419 e. The molecule has 0 fully saturated rings. The van der Waals surface area contributed by atoms with Crippen molar-refractivity contribution in [1.29, 1.82) is 10.8 Å². The van der Waals surface area contributed by atoms with E-state index in [1.807, 2.05) is 38.2 Å². The summed E-state index contributed by atoms with van der Waals surface area (Å²) in [4.78, 5) is 10.9. The van der Waals surface area contributed by atoms with E-state index in [0.29, 0.717) is 29.1 Å². The van der Waals surface area contributed by atoms with E-state index in [1.54, 1.807) is 49.5 Å². The van der Waals surface area contributed by atoms with Gasteiger partial charge in [-0.1, -0.05) is 24.3 Å². The second-order valence-electron chi connectivity index (χ2n) is 8.32. The van der Waals surface area contributed by atoms with Crippen LogP contribution < -0.4 is 5.32 Å². The predicted molar refractivity (Wildman–Crippen MR) is 137 cm³/mol. The zero-order valence-electron chi connectivity index (χ0n) is 20.3. The first-order valence-electron chi connectivity index (χ1n) is 11.0. The molecule has 184 valence electrons. The smallest absolute Gasteiger partial charge is 0.241 e. The summed E-state index contributed by atoms with van der Waals surface area (Å²) in [6.45, 7) is 2.86. The average Bonchev–Trinajstić information content (AvgIpc) is 2.84. The number of rotatable bonds is 9. The molecule has 0 radical (unpaired) electrons. The van der Waals surface area contributed by atoms with Gasteiger partial charge in [0, 0.05) is 24.2 Å². The minimum atomic E-state index is -3.39. The van der Waals surface area contributed by atoms with Crippen molar-refractivity contribution >= 4 is 21.6 Å². The zero-order chi connectivity index (χ0) is 25.6. The van der Waals surface area contributed by atoms with Crippen LogP contribution in [0.15, 0.2) is 59.6 Å². The summed E-state index contributed by atoms with van der Waals surface area (Å²) in [7, 11) is 2.13. The van der Waals surface area contributed by atoms with Gasteiger partial charge in [-0.15, -0.1) is 0 Å². The summed E-state index contributed by atoms with van der Waals surface area (Å²) >= 11 is 0. The molecule has 0 aliphatic carbocycles. The van der Waals surface area contributed by atoms with Gasteiger partial charge < -0.3 is 15.0 Å². The minimum absolute atomic E-state index is 0.0342. The maximum atomic E-state index is 12.5. The maximum Gasteiger partial charge on any atom is 0.241 e. The first kappa shape index (κ1) is 26.1. The number of sulfone groups is 1. The van der Waals surface area contributed by atoms with Crippen molar-refractivity contribution in [2.45, 2.75) is 18.4 Å². The number of hydrogen-bond donors (Lipinski definition) is 3. The molecule has 35 heavy (non-hydrogen) atoms. The second kappa shape index (κ2) is 11.3. The van der Waals surface area contributed by atoms with Crippen molar-refractivity contribution in [2.75, 3.05) is 33.4 Å². The van der Waals surface area contributed by atoms with Gasteiger partial charge >= 0.3 is 0 Å². The van der Waals surface area contributed by atoms with Crippen LogP contribution in [0.2, 0.25) is 0 Å². The fourth-order valence-corrected chi connectivity index (χ4v) is 4.64. The topological polar surface area (TPSA) is 132 Å². The van der Waals surface area contributed by atoms with Crippen LogP contribution in [-0.2, 0) is 21.1 Å². The minimum Gasteiger partial charge on any atom is -0.419 e. The van der Waals surface area contributed by atoms with E-state index in [0.717, 1.165) is 12.1 Å². The van der Waals surface area contributed by atoms with Crippen molar-refractivity contribution in [3.63, 3.8) is 0 Å². The number of nitrogens with zero attached hydrogens (tertiary/aromatic N) is 3. The zero-order valence-corrected chi connectivity index (χ0v) is 21.1. The van der Waals surface area contributed by atoms with E-state index in [-0.39, 0.29) is 28.1 Å². The van der Waals surface area contributed by atoms with Crippen LogP contribution in [0.25, 0.3) is 11.3 Å². The lowest BCUT2D eigenvalue weighted by atomic mass is 10.1. The number of aryl methyl sites for hydroxylation is 1. The van der Waals surface area contributed by atoms with Gasteiger partial charge in [0.1, 0.15) is 5.69 Å². The van der Waals surface area contributed by atoms with Crippen LogP contribution in [0.4, 0.5) is 0 Å². The van der Waals surface area contributed by atoms with Gasteiger partial charge in [0.25, 0.3) is 0 Å². The van der Waals surface area contributed by atoms with Gasteiger partial charge in [0.05, 0.1) is 28.2 Å². The molecule has 3 rings (SSSR count). The molecule has 0 unspecified atom stereocenters. The highest BCUT2D eigenvalue weighted by Crippen LogP contribution is 2.21. The third-order valence-electron chi connectivity index (χ3n) is 5.29. The van der Waals surface area contributed by atoms with Crippen LogP contribution in [0, 0.1) is 17.7 Å². The van der Waals surface area contributed by atoms with Gasteiger partial charge in [-0.3, -0.25) is 15.8 Å². The van der Waals surface area contributed by atoms with Gasteiger partial charge in [-0.2, -0.15) is 0 Å². The Hall–Kier alpha value is -3.47. The Morgan fingerprint density at radius 2 is 1.69 bits per heavy atom. The van der Waals surface area contributed by atoms with Crippen LogP contribution >= 0.6 is 0 Å². The standard InChI is InChI=1S/C25H30N6O3S/c1-17-23(25(27)34-24(26)20-7-5-18(6-8-20)15-28-2)30-22(16-29-17)19-9-11-21(12-10-19)35(32,33)14-13-31(3)4/h5-12,16,26-28H,13-15H2,1-4H3. The lowest BCUT2D eigenvalue weighted by Crippen LogP contribution is -2.21. The van der Waals surface area contributed by atoms with Crippen molar-refractivity contribution in [3.05, 3.63) is 77.2 Å². The van der Waals surface area contributed by atoms with Crippen molar-refractivity contribution in [2.24, 2.45) is 0 Å². The van der Waals surface area contributed by atoms with E-state index in [9.17, 15) is 8.42 Å². The van der Waals surface area contributed by atoms with E-state index in [2.05, 4.69) is 15.3 Å². The number of aromatic nitrogens is 2. The predicted octanol–water partition coefficient (Wildman–Crippen LogP) is 2.87. The molecule has 0 aliphatic rings. The van der Waals surface area contributed by atoms with Crippen LogP contribution in [0.5, 0.6) is 0 Å². The molecule has 0 amide bonds. The summed E-state index contributed by atoms with van der Waals surface area (Å²) in [5, 5.41) is 19.6. The number of nitrogens with one attached hydrogen (secondary N) is 3. The highest BCUT2D eigenvalue weighted by molar-refractivity contribution is 7.91. The third kappa shape index (κ3) is 6.78. The van der Waals surface area contributed by atoms with E-state index in [1.165, 1.54) is 0 Å². The highest BCUT2D eigenvalue weighted by atomic mass is 32.2. The van der Waals surface area contributed by atoms with Gasteiger partial charge in [-0.05, 0) is 57.9 Å². The summed E-state index contributed by atoms with van der Waals surface area (Å²) in [6.07, 6.45) is 1.56. The Morgan fingerprint density at radius 1 is 1.03 bits per heavy atom. The molecule has 0 bridgehead atoms. The monoisotopic (exact) mass is 494 g/mol. The Kier molecular flexibility index (Phi) is 8.44. The molecule has 9 nitrogen and oxygen atoms in total. The molecule has 1 heterocycles. The molecule has 0 atom stereocenters. The molecule has 2 aromatic carbocycles. The molecule has 10 heteroatoms. The van der Waals surface area contributed by atoms with E-state index in [4.69, 9.17) is 15.6 Å². The molecule has 1 aromatic heterocycles. The van der Waals surface area contributed by atoms with Crippen molar-refractivity contribution in [1.82, 2.24) is 20.2 Å². The van der Waals surface area contributed by atoms with Crippen LogP contribution in [0.1, 0.15) is 22.5 Å². The summed E-state index contributed by atoms with van der Waals surface area (Å²) in [6, 6.07) is 13.8. The fraction of sp³-hybridized carbons (Fsp3) is 0.280. The fourth-order valence-electron chi connectivity index (χ4n) is 3.24. The number of hydrogen-bond acceptors (Lipinski definition) is 9. The summed E-state index contributed by atoms with van der Waals surface area (Å²) in [5.74, 6) is -0.416. The van der Waals surface area contributed by atoms with Gasteiger partial charge in [-0.25, -0.2) is 13.4 Å². The van der Waals surface area contributed by atoms with Gasteiger partial charge in [0.15, 0.2) is 9.84 Å². The Bertz CT molecular complexity index is 1300. The lowest BCUT2D eigenvalue weighted by molar-refractivity contribution is 0.432. The Labute approximate surface area is 206 Å². The summed E-state index contributed by atoms with van der Waals surface area (Å²) in [5.41, 5.74) is 3.44. The summed E-state index contributed by atoms with van der Waals surface area (Å²) < 4.78 is 30.5. The highest BCUT2D eigenvalue weighted by Gasteiger charge is 2.17. The SMILES string of the molecule is CNCc1ccc(C(=N)OC(=N)c2nc(-c3ccc(S(=O)(=O)CCN(C)C)cc3)cnc2C)cc1. The average molecular weight is 495 g/mol. The Morgan fingerprint density at radius 3 is 2.29 bits per heavy atom. The molecular formula is C25H30N6O3S. The van der Waals surface area contributed by atoms with Crippen LogP contribution in [-0.4, -0.2) is 68.5 Å².